The number of rotatable bonds is 11. The third-order valence-corrected chi connectivity index (χ3v) is 7.33. The lowest BCUT2D eigenvalue weighted by Crippen LogP contribution is -2.44. The van der Waals surface area contributed by atoms with Crippen molar-refractivity contribution in [3.05, 3.63) is 66.6 Å². The Bertz CT molecular complexity index is 1240. The molecule has 10 nitrogen and oxygen atoms in total. The molecule has 3 aromatic rings. The Morgan fingerprint density at radius 2 is 2.05 bits per heavy atom. The van der Waals surface area contributed by atoms with Gasteiger partial charge in [-0.25, -0.2) is 4.98 Å². The van der Waals surface area contributed by atoms with Gasteiger partial charge in [-0.2, -0.15) is 0 Å². The predicted octanol–water partition coefficient (Wildman–Crippen LogP) is 3.73. The van der Waals surface area contributed by atoms with E-state index in [-0.39, 0.29) is 31.2 Å². The number of ether oxygens (including phenoxy) is 2. The van der Waals surface area contributed by atoms with Crippen LogP contribution in [0.2, 0.25) is 0 Å². The van der Waals surface area contributed by atoms with E-state index in [1.54, 1.807) is 23.5 Å². The molecule has 38 heavy (non-hydrogen) atoms. The fourth-order valence-corrected chi connectivity index (χ4v) is 5.47. The molecule has 3 unspecified atom stereocenters. The number of hydrogen-bond acceptors (Lipinski definition) is 8. The number of carboxylic acid groups (broad SMARTS) is 1. The van der Waals surface area contributed by atoms with E-state index in [2.05, 4.69) is 16.9 Å². The molecule has 0 spiro atoms. The average molecular weight is 521 g/mol. The molecule has 1 fully saturated rings. The highest BCUT2D eigenvalue weighted by molar-refractivity contribution is 5.94. The van der Waals surface area contributed by atoms with Crippen molar-refractivity contribution in [2.45, 2.75) is 44.6 Å². The van der Waals surface area contributed by atoms with Gasteiger partial charge in [-0.1, -0.05) is 19.4 Å². The lowest BCUT2D eigenvalue weighted by atomic mass is 9.83. The number of benzene rings is 1. The van der Waals surface area contributed by atoms with E-state index in [0.29, 0.717) is 43.3 Å². The van der Waals surface area contributed by atoms with Crippen LogP contribution in [0, 0.1) is 5.92 Å². The zero-order valence-corrected chi connectivity index (χ0v) is 21.4. The molecular formula is C28H32N4O6. The van der Waals surface area contributed by atoms with Gasteiger partial charge in [0.25, 0.3) is 0 Å². The number of carboxylic acids is 1. The van der Waals surface area contributed by atoms with Crippen molar-refractivity contribution in [2.75, 3.05) is 31.3 Å². The number of hydrogen-bond donors (Lipinski definition) is 1. The minimum Gasteiger partial charge on any atom is -0.481 e. The number of carbonyl (C=O) groups is 2. The lowest BCUT2D eigenvalue weighted by molar-refractivity contribution is -0.143. The van der Waals surface area contributed by atoms with Crippen molar-refractivity contribution in [3.8, 4) is 11.5 Å². The summed E-state index contributed by atoms with van der Waals surface area (Å²) in [5.41, 5.74) is 1.59. The summed E-state index contributed by atoms with van der Waals surface area (Å²) in [7, 11) is 0. The third-order valence-electron chi connectivity index (χ3n) is 7.33. The summed E-state index contributed by atoms with van der Waals surface area (Å²) < 4.78 is 16.4. The molecule has 2 aliphatic rings. The highest BCUT2D eigenvalue weighted by Crippen LogP contribution is 2.43. The van der Waals surface area contributed by atoms with Crippen LogP contribution in [0.1, 0.15) is 43.6 Å². The van der Waals surface area contributed by atoms with Crippen molar-refractivity contribution in [1.29, 1.82) is 0 Å². The second kappa shape index (κ2) is 11.6. The smallest absolute Gasteiger partial charge is 0.308 e. The van der Waals surface area contributed by atoms with Crippen molar-refractivity contribution in [1.82, 2.24) is 14.9 Å². The minimum atomic E-state index is -0.893. The summed E-state index contributed by atoms with van der Waals surface area (Å²) in [6.45, 7) is 3.32. The number of aliphatic carboxylic acids is 1. The van der Waals surface area contributed by atoms with Gasteiger partial charge in [0.2, 0.25) is 12.7 Å². The minimum absolute atomic E-state index is 0.0805. The molecule has 200 valence electrons. The number of aromatic nitrogens is 2. The van der Waals surface area contributed by atoms with Gasteiger partial charge in [0.15, 0.2) is 17.4 Å². The Labute approximate surface area is 221 Å². The first-order valence-corrected chi connectivity index (χ1v) is 13.0. The van der Waals surface area contributed by atoms with Crippen molar-refractivity contribution >= 4 is 17.6 Å². The number of likely N-dealkylation sites (tertiary alicyclic amines) is 1. The standard InChI is InChI=1S/C28H32N4O6/c1-2-3-12-32(20-5-4-10-29-15-20)26(33)17-31-16-21(19-6-8-23-24(14-19)38-18-37-23)27(28(34)35)22(31)7-9-25-30-11-13-36-25/h4-6,8,10-11,13-15,21-22,27H,2-3,7,9,12,16-18H2,1H3,(H,34,35). The van der Waals surface area contributed by atoms with Gasteiger partial charge < -0.3 is 23.9 Å². The Kier molecular flexibility index (Phi) is 7.88. The Hall–Kier alpha value is -3.92. The van der Waals surface area contributed by atoms with Crippen molar-refractivity contribution in [2.24, 2.45) is 5.92 Å². The topological polar surface area (TPSA) is 118 Å². The first-order chi connectivity index (χ1) is 18.5. The number of oxazole rings is 1. The molecule has 0 radical (unpaired) electrons. The van der Waals surface area contributed by atoms with E-state index in [4.69, 9.17) is 13.9 Å². The molecule has 4 heterocycles. The van der Waals surface area contributed by atoms with Crippen LogP contribution in [0.5, 0.6) is 11.5 Å². The van der Waals surface area contributed by atoms with Gasteiger partial charge in [0.1, 0.15) is 6.26 Å². The van der Waals surface area contributed by atoms with E-state index in [9.17, 15) is 14.7 Å². The Morgan fingerprint density at radius 1 is 1.18 bits per heavy atom. The molecule has 1 amide bonds. The molecule has 0 aliphatic carbocycles. The summed E-state index contributed by atoms with van der Waals surface area (Å²) in [5, 5.41) is 10.4. The van der Waals surface area contributed by atoms with Crippen LogP contribution in [0.25, 0.3) is 0 Å². The molecular weight excluding hydrogens is 488 g/mol. The van der Waals surface area contributed by atoms with E-state index in [1.807, 2.05) is 35.2 Å². The van der Waals surface area contributed by atoms with Gasteiger partial charge in [-0.15, -0.1) is 0 Å². The highest BCUT2D eigenvalue weighted by Gasteiger charge is 2.47. The predicted molar refractivity (Wildman–Crippen MR) is 138 cm³/mol. The molecule has 1 saturated heterocycles. The average Bonchev–Trinajstić information content (AvgIpc) is 3.68. The maximum absolute atomic E-state index is 13.7. The van der Waals surface area contributed by atoms with Crippen molar-refractivity contribution < 1.29 is 28.6 Å². The number of unbranched alkanes of at least 4 members (excludes halogenated alkanes) is 1. The largest absolute Gasteiger partial charge is 0.481 e. The number of aryl methyl sites for hydroxylation is 1. The first-order valence-electron chi connectivity index (χ1n) is 13.0. The fourth-order valence-electron chi connectivity index (χ4n) is 5.47. The molecule has 2 aliphatic heterocycles. The summed E-state index contributed by atoms with van der Waals surface area (Å²) in [4.78, 5) is 38.6. The van der Waals surface area contributed by atoms with Gasteiger partial charge in [0.05, 0.1) is 30.5 Å². The molecule has 10 heteroatoms. The third kappa shape index (κ3) is 5.50. The van der Waals surface area contributed by atoms with E-state index in [0.717, 1.165) is 24.1 Å². The van der Waals surface area contributed by atoms with Crippen LogP contribution in [0.3, 0.4) is 0 Å². The van der Waals surface area contributed by atoms with E-state index in [1.165, 1.54) is 6.26 Å². The number of carbonyl (C=O) groups excluding carboxylic acids is 1. The quantitative estimate of drug-likeness (QED) is 0.403. The maximum Gasteiger partial charge on any atom is 0.308 e. The first kappa shape index (κ1) is 25.7. The fraction of sp³-hybridized carbons (Fsp3) is 0.429. The highest BCUT2D eigenvalue weighted by atomic mass is 16.7. The van der Waals surface area contributed by atoms with E-state index >= 15 is 0 Å². The second-order valence-corrected chi connectivity index (χ2v) is 9.65. The molecule has 0 bridgehead atoms. The SMILES string of the molecule is CCCCN(C(=O)CN1CC(c2ccc3c(c2)OCO3)C(C(=O)O)C1CCc1ncco1)c1cccnc1. The molecule has 1 aromatic carbocycles. The van der Waals surface area contributed by atoms with Gasteiger partial charge in [-0.3, -0.25) is 19.5 Å². The normalized spacial score (nSPS) is 20.5. The second-order valence-electron chi connectivity index (χ2n) is 9.65. The van der Waals surface area contributed by atoms with E-state index < -0.39 is 11.9 Å². The lowest BCUT2D eigenvalue weighted by Gasteiger charge is -2.29. The molecule has 1 N–H and O–H groups in total. The van der Waals surface area contributed by atoms with Gasteiger partial charge in [0, 0.05) is 37.7 Å². The number of pyridine rings is 1. The summed E-state index contributed by atoms with van der Waals surface area (Å²) in [6.07, 6.45) is 9.22. The van der Waals surface area contributed by atoms with Crippen LogP contribution in [0.4, 0.5) is 5.69 Å². The zero-order valence-electron chi connectivity index (χ0n) is 21.4. The van der Waals surface area contributed by atoms with Crippen LogP contribution < -0.4 is 14.4 Å². The number of fused-ring (bicyclic) bond motifs is 1. The monoisotopic (exact) mass is 520 g/mol. The molecule has 2 aromatic heterocycles. The van der Waals surface area contributed by atoms with Gasteiger partial charge in [-0.05, 0) is 42.7 Å². The van der Waals surface area contributed by atoms with Gasteiger partial charge >= 0.3 is 5.97 Å². The summed E-state index contributed by atoms with van der Waals surface area (Å²) >= 11 is 0. The zero-order chi connectivity index (χ0) is 26.5. The Morgan fingerprint density at radius 3 is 2.79 bits per heavy atom. The number of amides is 1. The summed E-state index contributed by atoms with van der Waals surface area (Å²) in [6, 6.07) is 8.88. The van der Waals surface area contributed by atoms with Crippen LogP contribution in [-0.4, -0.2) is 64.3 Å². The number of anilines is 1. The van der Waals surface area contributed by atoms with Crippen LogP contribution >= 0.6 is 0 Å². The molecule has 3 atom stereocenters. The van der Waals surface area contributed by atoms with Crippen LogP contribution in [-0.2, 0) is 16.0 Å². The van der Waals surface area contributed by atoms with Crippen LogP contribution in [0.15, 0.2) is 59.6 Å². The molecule has 5 rings (SSSR count). The molecule has 0 saturated carbocycles. The number of nitrogens with zero attached hydrogens (tertiary/aromatic N) is 4. The maximum atomic E-state index is 13.7. The summed E-state index contributed by atoms with van der Waals surface area (Å²) in [5.74, 6) is -0.216. The van der Waals surface area contributed by atoms with Crippen molar-refractivity contribution in [3.63, 3.8) is 0 Å². The Balaban J connectivity index is 1.43.